The van der Waals surface area contributed by atoms with Gasteiger partial charge in [-0.05, 0) is 18.9 Å². The van der Waals surface area contributed by atoms with E-state index in [2.05, 4.69) is 20.1 Å². The Bertz CT molecular complexity index is 944. The lowest BCUT2D eigenvalue weighted by molar-refractivity contribution is 0.112. The molecule has 0 bridgehead atoms. The number of aromatic nitrogens is 5. The van der Waals surface area contributed by atoms with Gasteiger partial charge >= 0.3 is 0 Å². The third kappa shape index (κ3) is 2.57. The van der Waals surface area contributed by atoms with Crippen molar-refractivity contribution in [1.82, 2.24) is 24.6 Å². The Balaban J connectivity index is 1.77. The van der Waals surface area contributed by atoms with E-state index in [0.717, 1.165) is 19.0 Å². The maximum absolute atomic E-state index is 13.7. The zero-order valence-electron chi connectivity index (χ0n) is 13.5. The van der Waals surface area contributed by atoms with Crippen LogP contribution in [0.5, 0.6) is 5.88 Å². The van der Waals surface area contributed by atoms with Crippen molar-refractivity contribution in [2.45, 2.75) is 18.9 Å². The van der Waals surface area contributed by atoms with Crippen molar-refractivity contribution in [2.24, 2.45) is 0 Å². The predicted octanol–water partition coefficient (Wildman–Crippen LogP) is 1.82. The summed E-state index contributed by atoms with van der Waals surface area (Å²) in [6, 6.07) is 1.28. The molecule has 0 radical (unpaired) electrons. The van der Waals surface area contributed by atoms with E-state index in [1.165, 1.54) is 30.2 Å². The normalized spacial score (nSPS) is 17.2. The molecule has 1 atom stereocenters. The fraction of sp³-hybridized carbons (Fsp3) is 0.312. The Labute approximate surface area is 142 Å². The molecule has 128 valence electrons. The van der Waals surface area contributed by atoms with Gasteiger partial charge in [0, 0.05) is 12.1 Å². The summed E-state index contributed by atoms with van der Waals surface area (Å²) in [6.45, 7) is 0.713. The SMILES string of the molecule is COc1ncc(F)cc1C1CCCN1c1ncn2ncc(C=O)c2n1. The smallest absolute Gasteiger partial charge is 0.229 e. The lowest BCUT2D eigenvalue weighted by Crippen LogP contribution is -2.25. The predicted molar refractivity (Wildman–Crippen MR) is 86.2 cm³/mol. The number of nitrogens with zero attached hydrogens (tertiary/aromatic N) is 6. The number of fused-ring (bicyclic) bond motifs is 1. The number of hydrogen-bond donors (Lipinski definition) is 0. The van der Waals surface area contributed by atoms with E-state index in [-0.39, 0.29) is 6.04 Å². The van der Waals surface area contributed by atoms with Gasteiger partial charge in [0.1, 0.15) is 12.1 Å². The summed E-state index contributed by atoms with van der Waals surface area (Å²) in [6.07, 6.45) is 6.50. The standard InChI is InChI=1S/C16H15FN6O2/c1-25-15-12(5-11(17)7-18-15)13-3-2-4-22(13)16-19-9-23-14(21-16)10(8-24)6-20-23/h5-9,13H,2-4H2,1H3. The van der Waals surface area contributed by atoms with Crippen LogP contribution in [0.25, 0.3) is 5.65 Å². The van der Waals surface area contributed by atoms with Crippen molar-refractivity contribution >= 4 is 17.9 Å². The van der Waals surface area contributed by atoms with Gasteiger partial charge in [-0.25, -0.2) is 18.9 Å². The van der Waals surface area contributed by atoms with Crippen molar-refractivity contribution in [3.63, 3.8) is 0 Å². The molecule has 0 amide bonds. The van der Waals surface area contributed by atoms with E-state index in [1.54, 1.807) is 0 Å². The summed E-state index contributed by atoms with van der Waals surface area (Å²) >= 11 is 0. The molecule has 4 heterocycles. The molecular weight excluding hydrogens is 327 g/mol. The summed E-state index contributed by atoms with van der Waals surface area (Å²) in [5.41, 5.74) is 1.49. The highest BCUT2D eigenvalue weighted by atomic mass is 19.1. The van der Waals surface area contributed by atoms with Gasteiger partial charge in [0.2, 0.25) is 11.8 Å². The Morgan fingerprint density at radius 3 is 3.04 bits per heavy atom. The first kappa shape index (κ1) is 15.4. The Morgan fingerprint density at radius 2 is 2.24 bits per heavy atom. The molecule has 0 aromatic carbocycles. The number of aldehydes is 1. The van der Waals surface area contributed by atoms with Crippen LogP contribution in [0.3, 0.4) is 0 Å². The van der Waals surface area contributed by atoms with Crippen molar-refractivity contribution in [2.75, 3.05) is 18.6 Å². The lowest BCUT2D eigenvalue weighted by Gasteiger charge is -2.25. The van der Waals surface area contributed by atoms with E-state index in [9.17, 15) is 9.18 Å². The monoisotopic (exact) mass is 342 g/mol. The molecule has 1 aliphatic rings. The minimum atomic E-state index is -0.418. The van der Waals surface area contributed by atoms with Crippen LogP contribution in [0.15, 0.2) is 24.8 Å². The summed E-state index contributed by atoms with van der Waals surface area (Å²) in [7, 11) is 1.51. The topological polar surface area (TPSA) is 85.5 Å². The van der Waals surface area contributed by atoms with Gasteiger partial charge in [0.15, 0.2) is 11.9 Å². The number of halogens is 1. The van der Waals surface area contributed by atoms with Crippen LogP contribution < -0.4 is 9.64 Å². The van der Waals surface area contributed by atoms with Crippen LogP contribution in [-0.2, 0) is 0 Å². The van der Waals surface area contributed by atoms with Gasteiger partial charge < -0.3 is 9.64 Å². The number of hydrogen-bond acceptors (Lipinski definition) is 7. The van der Waals surface area contributed by atoms with E-state index in [4.69, 9.17) is 4.74 Å². The molecule has 0 saturated carbocycles. The highest BCUT2D eigenvalue weighted by Crippen LogP contribution is 2.38. The number of methoxy groups -OCH3 is 1. The Morgan fingerprint density at radius 1 is 1.36 bits per heavy atom. The fourth-order valence-electron chi connectivity index (χ4n) is 3.20. The summed E-state index contributed by atoms with van der Waals surface area (Å²) in [5.74, 6) is 0.431. The highest BCUT2D eigenvalue weighted by Gasteiger charge is 2.31. The van der Waals surface area contributed by atoms with Crippen molar-refractivity contribution in [1.29, 1.82) is 0 Å². The summed E-state index contributed by atoms with van der Waals surface area (Å²) in [4.78, 5) is 25.9. The van der Waals surface area contributed by atoms with Crippen molar-refractivity contribution < 1.29 is 13.9 Å². The van der Waals surface area contributed by atoms with Gasteiger partial charge in [-0.1, -0.05) is 0 Å². The first-order chi connectivity index (χ1) is 12.2. The van der Waals surface area contributed by atoms with E-state index >= 15 is 0 Å². The number of pyridine rings is 1. The third-order valence-corrected chi connectivity index (χ3v) is 4.32. The summed E-state index contributed by atoms with van der Waals surface area (Å²) in [5, 5.41) is 4.04. The zero-order chi connectivity index (χ0) is 17.4. The second-order valence-corrected chi connectivity index (χ2v) is 5.75. The first-order valence-corrected chi connectivity index (χ1v) is 7.83. The molecule has 0 N–H and O–H groups in total. The lowest BCUT2D eigenvalue weighted by atomic mass is 10.1. The van der Waals surface area contributed by atoms with E-state index < -0.39 is 5.82 Å². The van der Waals surface area contributed by atoms with Gasteiger partial charge in [0.05, 0.1) is 31.1 Å². The quantitative estimate of drug-likeness (QED) is 0.669. The summed E-state index contributed by atoms with van der Waals surface area (Å²) < 4.78 is 20.4. The molecule has 1 aliphatic heterocycles. The molecule has 1 fully saturated rings. The molecule has 25 heavy (non-hydrogen) atoms. The number of carbonyl (C=O) groups excluding carboxylic acids is 1. The van der Waals surface area contributed by atoms with E-state index in [0.29, 0.717) is 41.4 Å². The van der Waals surface area contributed by atoms with Crippen LogP contribution in [0.2, 0.25) is 0 Å². The number of carbonyl (C=O) groups is 1. The number of rotatable bonds is 4. The fourth-order valence-corrected chi connectivity index (χ4v) is 3.20. The molecule has 1 saturated heterocycles. The van der Waals surface area contributed by atoms with Gasteiger partial charge in [-0.2, -0.15) is 10.1 Å². The van der Waals surface area contributed by atoms with Gasteiger partial charge in [-0.15, -0.1) is 0 Å². The largest absolute Gasteiger partial charge is 0.481 e. The van der Waals surface area contributed by atoms with Crippen LogP contribution in [-0.4, -0.2) is 44.5 Å². The van der Waals surface area contributed by atoms with Crippen LogP contribution in [0.4, 0.5) is 10.3 Å². The maximum atomic E-state index is 13.7. The molecule has 0 spiro atoms. The van der Waals surface area contributed by atoms with Crippen molar-refractivity contribution in [3.05, 3.63) is 41.7 Å². The van der Waals surface area contributed by atoms with Crippen LogP contribution >= 0.6 is 0 Å². The number of ether oxygens (including phenoxy) is 1. The van der Waals surface area contributed by atoms with Crippen LogP contribution in [0, 0.1) is 5.82 Å². The molecule has 1 unspecified atom stereocenters. The molecular formula is C16H15FN6O2. The Kier molecular flexibility index (Phi) is 3.75. The molecule has 9 heteroatoms. The molecule has 8 nitrogen and oxygen atoms in total. The van der Waals surface area contributed by atoms with Crippen molar-refractivity contribution in [3.8, 4) is 5.88 Å². The molecule has 4 rings (SSSR count). The zero-order valence-corrected chi connectivity index (χ0v) is 13.5. The average molecular weight is 342 g/mol. The Hall–Kier alpha value is -3.10. The minimum Gasteiger partial charge on any atom is -0.481 e. The minimum absolute atomic E-state index is 0.150. The molecule has 3 aromatic rings. The average Bonchev–Trinajstić information content (AvgIpc) is 3.27. The third-order valence-electron chi connectivity index (χ3n) is 4.32. The molecule has 3 aromatic heterocycles. The number of anilines is 1. The highest BCUT2D eigenvalue weighted by molar-refractivity contribution is 5.83. The van der Waals surface area contributed by atoms with Gasteiger partial charge in [0.25, 0.3) is 0 Å². The second-order valence-electron chi connectivity index (χ2n) is 5.75. The first-order valence-electron chi connectivity index (χ1n) is 7.83. The van der Waals surface area contributed by atoms with Gasteiger partial charge in [-0.3, -0.25) is 4.79 Å². The van der Waals surface area contributed by atoms with E-state index in [1.807, 2.05) is 4.90 Å². The molecule has 0 aliphatic carbocycles. The second kappa shape index (κ2) is 6.08. The van der Waals surface area contributed by atoms with Crippen LogP contribution in [0.1, 0.15) is 34.8 Å². The maximum Gasteiger partial charge on any atom is 0.229 e.